The zero-order valence-corrected chi connectivity index (χ0v) is 10.1. The van der Waals surface area contributed by atoms with Gasteiger partial charge in [-0.2, -0.15) is 0 Å². The van der Waals surface area contributed by atoms with E-state index in [1.54, 1.807) is 13.3 Å². The summed E-state index contributed by atoms with van der Waals surface area (Å²) in [6.45, 7) is 2.72. The van der Waals surface area contributed by atoms with Gasteiger partial charge in [0.15, 0.2) is 0 Å². The van der Waals surface area contributed by atoms with E-state index in [0.29, 0.717) is 6.61 Å². The van der Waals surface area contributed by atoms with Crippen molar-refractivity contribution < 1.29 is 4.74 Å². The summed E-state index contributed by atoms with van der Waals surface area (Å²) in [5.74, 6) is 0.834. The van der Waals surface area contributed by atoms with Crippen LogP contribution >= 0.6 is 0 Å². The van der Waals surface area contributed by atoms with Gasteiger partial charge in [-0.3, -0.25) is 4.57 Å². The van der Waals surface area contributed by atoms with Crippen LogP contribution in [-0.4, -0.2) is 29.3 Å². The molecule has 4 nitrogen and oxygen atoms in total. The van der Waals surface area contributed by atoms with Crippen LogP contribution in [0.4, 0.5) is 5.95 Å². The van der Waals surface area contributed by atoms with Gasteiger partial charge in [-0.15, -0.1) is 0 Å². The Hall–Kier alpha value is -1.81. The first-order valence-corrected chi connectivity index (χ1v) is 5.65. The van der Waals surface area contributed by atoms with Crippen LogP contribution in [0.3, 0.4) is 0 Å². The summed E-state index contributed by atoms with van der Waals surface area (Å²) in [5.41, 5.74) is 1.09. The summed E-state index contributed by atoms with van der Waals surface area (Å²) in [6, 6.07) is 10.3. The Bertz CT molecular complexity index is 453. The highest BCUT2D eigenvalue weighted by Crippen LogP contribution is 2.14. The van der Waals surface area contributed by atoms with E-state index in [9.17, 15) is 0 Å². The molecule has 1 aromatic carbocycles. The average molecular weight is 231 g/mol. The van der Waals surface area contributed by atoms with E-state index in [0.717, 1.165) is 11.6 Å². The third kappa shape index (κ3) is 2.85. The summed E-state index contributed by atoms with van der Waals surface area (Å²) >= 11 is 0. The second-order valence-corrected chi connectivity index (χ2v) is 3.96. The predicted octanol–water partition coefficient (Wildman–Crippen LogP) is 2.32. The lowest BCUT2D eigenvalue weighted by Crippen LogP contribution is -2.22. The van der Waals surface area contributed by atoms with Gasteiger partial charge >= 0.3 is 0 Å². The fraction of sp³-hybridized carbons (Fsp3) is 0.308. The Balaban J connectivity index is 2.18. The summed E-state index contributed by atoms with van der Waals surface area (Å²) in [6.07, 6.45) is 3.73. The van der Waals surface area contributed by atoms with E-state index in [1.165, 1.54) is 0 Å². The van der Waals surface area contributed by atoms with Crippen LogP contribution in [0.15, 0.2) is 42.7 Å². The van der Waals surface area contributed by atoms with Crippen molar-refractivity contribution in [1.82, 2.24) is 9.55 Å². The standard InChI is InChI=1S/C13H17N3O/c1-11(10-17-2)15-13-14-8-9-16(13)12-6-4-3-5-7-12/h3-9,11H,10H2,1-2H3,(H,14,15). The van der Waals surface area contributed by atoms with Gasteiger partial charge in [-0.05, 0) is 19.1 Å². The first-order valence-electron chi connectivity index (χ1n) is 5.65. The molecule has 90 valence electrons. The van der Waals surface area contributed by atoms with Crippen molar-refractivity contribution in [2.75, 3.05) is 19.0 Å². The van der Waals surface area contributed by atoms with Gasteiger partial charge in [0.2, 0.25) is 5.95 Å². The van der Waals surface area contributed by atoms with Crippen LogP contribution in [0.2, 0.25) is 0 Å². The fourth-order valence-corrected chi connectivity index (χ4v) is 1.72. The predicted molar refractivity (Wildman–Crippen MR) is 68.5 cm³/mol. The zero-order valence-electron chi connectivity index (χ0n) is 10.1. The normalized spacial score (nSPS) is 12.4. The number of para-hydroxylation sites is 1. The summed E-state index contributed by atoms with van der Waals surface area (Å²) < 4.78 is 7.12. The minimum atomic E-state index is 0.227. The number of hydrogen-bond acceptors (Lipinski definition) is 3. The molecule has 1 N–H and O–H groups in total. The number of nitrogens with zero attached hydrogens (tertiary/aromatic N) is 2. The van der Waals surface area contributed by atoms with Gasteiger partial charge in [0.1, 0.15) is 0 Å². The van der Waals surface area contributed by atoms with E-state index in [4.69, 9.17) is 4.74 Å². The highest BCUT2D eigenvalue weighted by Gasteiger charge is 2.07. The summed E-state index contributed by atoms with van der Waals surface area (Å²) in [5, 5.41) is 3.32. The lowest BCUT2D eigenvalue weighted by molar-refractivity contribution is 0.190. The Morgan fingerprint density at radius 2 is 2.12 bits per heavy atom. The molecule has 0 saturated carbocycles. The van der Waals surface area contributed by atoms with Crippen molar-refractivity contribution in [3.8, 4) is 5.69 Å². The SMILES string of the molecule is COCC(C)Nc1nccn1-c1ccccc1. The van der Waals surface area contributed by atoms with E-state index in [2.05, 4.69) is 17.2 Å². The number of benzene rings is 1. The highest BCUT2D eigenvalue weighted by atomic mass is 16.5. The van der Waals surface area contributed by atoms with Crippen molar-refractivity contribution in [3.63, 3.8) is 0 Å². The quantitative estimate of drug-likeness (QED) is 0.858. The largest absolute Gasteiger partial charge is 0.383 e. The molecule has 1 heterocycles. The van der Waals surface area contributed by atoms with Crippen LogP contribution in [0.5, 0.6) is 0 Å². The molecule has 4 heteroatoms. The second-order valence-electron chi connectivity index (χ2n) is 3.96. The van der Waals surface area contributed by atoms with Gasteiger partial charge in [-0.25, -0.2) is 4.98 Å². The third-order valence-corrected chi connectivity index (χ3v) is 2.47. The molecule has 0 spiro atoms. The van der Waals surface area contributed by atoms with Crippen LogP contribution in [0.1, 0.15) is 6.92 Å². The molecule has 17 heavy (non-hydrogen) atoms. The minimum Gasteiger partial charge on any atom is -0.383 e. The fourth-order valence-electron chi connectivity index (χ4n) is 1.72. The summed E-state index contributed by atoms with van der Waals surface area (Å²) in [7, 11) is 1.70. The van der Waals surface area contributed by atoms with Crippen molar-refractivity contribution in [1.29, 1.82) is 0 Å². The maximum absolute atomic E-state index is 5.10. The molecule has 1 aromatic heterocycles. The smallest absolute Gasteiger partial charge is 0.207 e. The van der Waals surface area contributed by atoms with Gasteiger partial charge < -0.3 is 10.1 Å². The van der Waals surface area contributed by atoms with E-state index in [-0.39, 0.29) is 6.04 Å². The van der Waals surface area contributed by atoms with Crippen LogP contribution < -0.4 is 5.32 Å². The number of ether oxygens (including phenoxy) is 1. The van der Waals surface area contributed by atoms with Crippen LogP contribution in [-0.2, 0) is 4.74 Å². The Morgan fingerprint density at radius 1 is 1.35 bits per heavy atom. The van der Waals surface area contributed by atoms with Crippen molar-refractivity contribution in [2.24, 2.45) is 0 Å². The van der Waals surface area contributed by atoms with E-state index < -0.39 is 0 Å². The van der Waals surface area contributed by atoms with E-state index >= 15 is 0 Å². The number of imidazole rings is 1. The molecule has 2 aromatic rings. The maximum Gasteiger partial charge on any atom is 0.207 e. The Morgan fingerprint density at radius 3 is 2.82 bits per heavy atom. The molecule has 1 atom stereocenters. The molecule has 1 unspecified atom stereocenters. The molecule has 0 saturated heterocycles. The van der Waals surface area contributed by atoms with Gasteiger partial charge in [0.25, 0.3) is 0 Å². The number of anilines is 1. The number of nitrogens with one attached hydrogen (secondary N) is 1. The van der Waals surface area contributed by atoms with Gasteiger partial charge in [0, 0.05) is 31.2 Å². The Kier molecular flexibility index (Phi) is 3.77. The van der Waals surface area contributed by atoms with E-state index in [1.807, 2.05) is 41.1 Å². The van der Waals surface area contributed by atoms with Crippen molar-refractivity contribution in [3.05, 3.63) is 42.7 Å². The van der Waals surface area contributed by atoms with Crippen molar-refractivity contribution >= 4 is 5.95 Å². The molecule has 0 fully saturated rings. The number of rotatable bonds is 5. The number of hydrogen-bond donors (Lipinski definition) is 1. The third-order valence-electron chi connectivity index (χ3n) is 2.47. The summed E-state index contributed by atoms with van der Waals surface area (Å²) in [4.78, 5) is 4.31. The molecule has 0 amide bonds. The van der Waals surface area contributed by atoms with Gasteiger partial charge in [-0.1, -0.05) is 18.2 Å². The molecule has 0 bridgehead atoms. The van der Waals surface area contributed by atoms with Crippen LogP contribution in [0.25, 0.3) is 5.69 Å². The number of methoxy groups -OCH3 is 1. The first-order chi connectivity index (χ1) is 8.31. The molecule has 0 aliphatic rings. The lowest BCUT2D eigenvalue weighted by Gasteiger charge is -2.15. The number of aromatic nitrogens is 2. The minimum absolute atomic E-state index is 0.227. The van der Waals surface area contributed by atoms with Crippen LogP contribution in [0, 0.1) is 0 Å². The average Bonchev–Trinajstić information content (AvgIpc) is 2.78. The van der Waals surface area contributed by atoms with Crippen molar-refractivity contribution in [2.45, 2.75) is 13.0 Å². The maximum atomic E-state index is 5.10. The lowest BCUT2D eigenvalue weighted by atomic mass is 10.3. The second kappa shape index (κ2) is 5.50. The zero-order chi connectivity index (χ0) is 12.1. The molecule has 0 aliphatic carbocycles. The molecular formula is C13H17N3O. The molecule has 2 rings (SSSR count). The molecular weight excluding hydrogens is 214 g/mol. The monoisotopic (exact) mass is 231 g/mol. The topological polar surface area (TPSA) is 39.1 Å². The molecule has 0 radical (unpaired) electrons. The molecule has 0 aliphatic heterocycles. The first kappa shape index (κ1) is 11.7. The Labute approximate surface area is 101 Å². The van der Waals surface area contributed by atoms with Gasteiger partial charge in [0.05, 0.1) is 6.61 Å². The highest BCUT2D eigenvalue weighted by molar-refractivity contribution is 5.41.